The van der Waals surface area contributed by atoms with Crippen molar-refractivity contribution in [2.24, 2.45) is 0 Å². The standard InChI is InChI=1S/C13H17BrN4O5/c1-16(8-12(19)20)6-9-7-17(2-3-23-9)13-10(14)4-15-5-11(13)18(21)22/h4-5,9H,2-3,6-8H2,1H3,(H,19,20). The van der Waals surface area contributed by atoms with E-state index in [0.29, 0.717) is 36.4 Å². The van der Waals surface area contributed by atoms with Crippen molar-refractivity contribution in [2.45, 2.75) is 6.10 Å². The van der Waals surface area contributed by atoms with Gasteiger partial charge in [0.05, 0.1) is 28.7 Å². The van der Waals surface area contributed by atoms with Gasteiger partial charge in [-0.2, -0.15) is 0 Å². The topological polar surface area (TPSA) is 109 Å². The van der Waals surface area contributed by atoms with Crippen molar-refractivity contribution in [1.29, 1.82) is 0 Å². The number of aliphatic carboxylic acids is 1. The Morgan fingerprint density at radius 2 is 2.39 bits per heavy atom. The van der Waals surface area contributed by atoms with E-state index < -0.39 is 10.9 Å². The highest BCUT2D eigenvalue weighted by Crippen LogP contribution is 2.35. The summed E-state index contributed by atoms with van der Waals surface area (Å²) in [5.74, 6) is -0.910. The summed E-state index contributed by atoms with van der Waals surface area (Å²) < 4.78 is 6.19. The van der Waals surface area contributed by atoms with Gasteiger partial charge < -0.3 is 14.7 Å². The van der Waals surface area contributed by atoms with Crippen LogP contribution >= 0.6 is 15.9 Å². The van der Waals surface area contributed by atoms with E-state index in [0.717, 1.165) is 0 Å². The van der Waals surface area contributed by atoms with Crippen LogP contribution in [-0.2, 0) is 9.53 Å². The number of carboxylic acids is 1. The van der Waals surface area contributed by atoms with E-state index in [1.54, 1.807) is 11.9 Å². The molecule has 0 saturated carbocycles. The summed E-state index contributed by atoms with van der Waals surface area (Å²) in [4.78, 5) is 28.8. The molecule has 1 atom stereocenters. The van der Waals surface area contributed by atoms with Crippen molar-refractivity contribution >= 4 is 33.3 Å². The number of morpholine rings is 1. The molecule has 1 unspecified atom stereocenters. The van der Waals surface area contributed by atoms with Crippen LogP contribution in [0.1, 0.15) is 0 Å². The minimum absolute atomic E-state index is 0.0704. The predicted octanol–water partition coefficient (Wildman–Crippen LogP) is 0.974. The van der Waals surface area contributed by atoms with Crippen LogP contribution in [0.25, 0.3) is 0 Å². The van der Waals surface area contributed by atoms with Gasteiger partial charge in [0, 0.05) is 25.8 Å². The normalized spacial score (nSPS) is 18.2. The number of nitrogens with zero attached hydrogens (tertiary/aromatic N) is 4. The van der Waals surface area contributed by atoms with Crippen molar-refractivity contribution in [3.63, 3.8) is 0 Å². The molecule has 1 fully saturated rings. The Labute approximate surface area is 141 Å². The van der Waals surface area contributed by atoms with Crippen molar-refractivity contribution in [1.82, 2.24) is 9.88 Å². The zero-order valence-corrected chi connectivity index (χ0v) is 14.1. The highest BCUT2D eigenvalue weighted by Gasteiger charge is 2.29. The van der Waals surface area contributed by atoms with Crippen molar-refractivity contribution in [3.8, 4) is 0 Å². The number of rotatable bonds is 6. The van der Waals surface area contributed by atoms with Crippen LogP contribution in [0.2, 0.25) is 0 Å². The number of likely N-dealkylation sites (N-methyl/N-ethyl adjacent to an activating group) is 1. The molecule has 126 valence electrons. The number of hydrogen-bond acceptors (Lipinski definition) is 7. The summed E-state index contributed by atoms with van der Waals surface area (Å²) in [7, 11) is 1.70. The fourth-order valence-electron chi connectivity index (χ4n) is 2.54. The molecular formula is C13H17BrN4O5. The largest absolute Gasteiger partial charge is 0.480 e. The minimum atomic E-state index is -0.910. The van der Waals surface area contributed by atoms with Crippen molar-refractivity contribution in [2.75, 3.05) is 44.7 Å². The Hall–Kier alpha value is -1.78. The summed E-state index contributed by atoms with van der Waals surface area (Å²) >= 11 is 3.32. The average Bonchev–Trinajstić information content (AvgIpc) is 2.46. The number of hydrogen-bond donors (Lipinski definition) is 1. The Balaban J connectivity index is 2.13. The third kappa shape index (κ3) is 4.60. The Kier molecular flexibility index (Phi) is 5.85. The predicted molar refractivity (Wildman–Crippen MR) is 85.7 cm³/mol. The van der Waals surface area contributed by atoms with Crippen LogP contribution in [0, 0.1) is 10.1 Å². The fourth-order valence-corrected chi connectivity index (χ4v) is 3.11. The molecule has 9 nitrogen and oxygen atoms in total. The zero-order chi connectivity index (χ0) is 17.0. The molecule has 0 spiro atoms. The molecule has 0 aliphatic carbocycles. The second-order valence-corrected chi connectivity index (χ2v) is 6.13. The third-order valence-corrected chi connectivity index (χ3v) is 4.01. The molecule has 1 aromatic rings. The number of carbonyl (C=O) groups is 1. The summed E-state index contributed by atoms with van der Waals surface area (Å²) in [5, 5.41) is 20.0. The first kappa shape index (κ1) is 17.6. The number of halogens is 1. The molecule has 1 N–H and O–H groups in total. The molecular weight excluding hydrogens is 372 g/mol. The van der Waals surface area contributed by atoms with E-state index >= 15 is 0 Å². The lowest BCUT2D eigenvalue weighted by Gasteiger charge is -2.35. The molecule has 2 heterocycles. The average molecular weight is 389 g/mol. The lowest BCUT2D eigenvalue weighted by Crippen LogP contribution is -2.48. The van der Waals surface area contributed by atoms with Crippen LogP contribution in [-0.4, -0.2) is 71.8 Å². The lowest BCUT2D eigenvalue weighted by molar-refractivity contribution is -0.384. The van der Waals surface area contributed by atoms with Gasteiger partial charge in [-0.1, -0.05) is 0 Å². The smallest absolute Gasteiger partial charge is 0.317 e. The Morgan fingerprint density at radius 3 is 3.04 bits per heavy atom. The van der Waals surface area contributed by atoms with Crippen LogP contribution in [0.3, 0.4) is 0 Å². The van der Waals surface area contributed by atoms with E-state index in [-0.39, 0.29) is 18.3 Å². The van der Waals surface area contributed by atoms with Gasteiger partial charge in [0.1, 0.15) is 11.9 Å². The van der Waals surface area contributed by atoms with Gasteiger partial charge in [0.25, 0.3) is 0 Å². The van der Waals surface area contributed by atoms with E-state index in [2.05, 4.69) is 20.9 Å². The van der Waals surface area contributed by atoms with Crippen molar-refractivity contribution in [3.05, 3.63) is 27.0 Å². The quantitative estimate of drug-likeness (QED) is 0.567. The molecule has 10 heteroatoms. The first-order valence-corrected chi connectivity index (χ1v) is 7.72. The minimum Gasteiger partial charge on any atom is -0.480 e. The van der Waals surface area contributed by atoms with E-state index in [4.69, 9.17) is 9.84 Å². The molecule has 0 amide bonds. The maximum Gasteiger partial charge on any atom is 0.317 e. The Morgan fingerprint density at radius 1 is 1.65 bits per heavy atom. The summed E-state index contributed by atoms with van der Waals surface area (Å²) in [5.41, 5.74) is 0.401. The first-order valence-electron chi connectivity index (χ1n) is 6.93. The molecule has 23 heavy (non-hydrogen) atoms. The van der Waals surface area contributed by atoms with Crippen molar-refractivity contribution < 1.29 is 19.6 Å². The number of nitro groups is 1. The molecule has 1 aromatic heterocycles. The van der Waals surface area contributed by atoms with Gasteiger partial charge in [0.2, 0.25) is 0 Å². The Bertz CT molecular complexity index is 600. The monoisotopic (exact) mass is 388 g/mol. The molecule has 0 aromatic carbocycles. The molecule has 1 aliphatic rings. The summed E-state index contributed by atoms with van der Waals surface area (Å²) in [6.45, 7) is 1.71. The molecule has 1 saturated heterocycles. The van der Waals surface area contributed by atoms with E-state index in [9.17, 15) is 14.9 Å². The van der Waals surface area contributed by atoms with Crippen LogP contribution in [0.15, 0.2) is 16.9 Å². The van der Waals surface area contributed by atoms with E-state index in [1.165, 1.54) is 12.4 Å². The fraction of sp³-hybridized carbons (Fsp3) is 0.538. The van der Waals surface area contributed by atoms with Crippen LogP contribution < -0.4 is 4.90 Å². The molecule has 2 rings (SSSR count). The summed E-state index contributed by atoms with van der Waals surface area (Å²) in [6.07, 6.45) is 2.51. The lowest BCUT2D eigenvalue weighted by atomic mass is 10.2. The van der Waals surface area contributed by atoms with Gasteiger partial charge in [0.15, 0.2) is 0 Å². The highest BCUT2D eigenvalue weighted by atomic mass is 79.9. The van der Waals surface area contributed by atoms with Gasteiger partial charge in [-0.25, -0.2) is 0 Å². The number of aromatic nitrogens is 1. The number of pyridine rings is 1. The SMILES string of the molecule is CN(CC(=O)O)CC1CN(c2c(Br)cncc2[N+](=O)[O-])CCO1. The highest BCUT2D eigenvalue weighted by molar-refractivity contribution is 9.10. The second-order valence-electron chi connectivity index (χ2n) is 5.28. The van der Waals surface area contributed by atoms with Gasteiger partial charge in [-0.15, -0.1) is 0 Å². The summed E-state index contributed by atoms with van der Waals surface area (Å²) in [6, 6.07) is 0. The van der Waals surface area contributed by atoms with E-state index in [1.807, 2.05) is 4.90 Å². The molecule has 0 radical (unpaired) electrons. The molecule has 0 bridgehead atoms. The van der Waals surface area contributed by atoms with Crippen LogP contribution in [0.5, 0.6) is 0 Å². The van der Waals surface area contributed by atoms with Gasteiger partial charge in [-0.3, -0.25) is 24.8 Å². The number of carboxylic acid groups (broad SMARTS) is 1. The van der Waals surface area contributed by atoms with Crippen LogP contribution in [0.4, 0.5) is 11.4 Å². The maximum absolute atomic E-state index is 11.2. The third-order valence-electron chi connectivity index (χ3n) is 3.43. The maximum atomic E-state index is 11.2. The zero-order valence-electron chi connectivity index (χ0n) is 12.5. The number of anilines is 1. The van der Waals surface area contributed by atoms with Gasteiger partial charge >= 0.3 is 11.7 Å². The molecule has 1 aliphatic heterocycles. The number of ether oxygens (including phenoxy) is 1. The second kappa shape index (κ2) is 7.66. The first-order chi connectivity index (χ1) is 10.9. The van der Waals surface area contributed by atoms with Gasteiger partial charge in [-0.05, 0) is 23.0 Å².